The van der Waals surface area contributed by atoms with Crippen LogP contribution in [0.15, 0.2) is 12.2 Å². The van der Waals surface area contributed by atoms with Crippen LogP contribution in [0, 0.1) is 0 Å². The summed E-state index contributed by atoms with van der Waals surface area (Å²) in [6, 6.07) is 0.575. The summed E-state index contributed by atoms with van der Waals surface area (Å²) in [5.74, 6) is 0.977. The normalized spacial score (nSPS) is 28.8. The van der Waals surface area contributed by atoms with Gasteiger partial charge in [0.1, 0.15) is 0 Å². The fourth-order valence-corrected chi connectivity index (χ4v) is 2.94. The number of rotatable bonds is 4. The molecule has 0 aromatic rings. The monoisotopic (exact) mass is 262 g/mol. The summed E-state index contributed by atoms with van der Waals surface area (Å²) in [7, 11) is 0. The SMILES string of the molecule is O=C1N(CCCl)C2C=CCCC2N1CCCl. The highest BCUT2D eigenvalue weighted by molar-refractivity contribution is 6.18. The lowest BCUT2D eigenvalue weighted by atomic mass is 9.96. The molecule has 0 saturated carbocycles. The summed E-state index contributed by atoms with van der Waals surface area (Å²) in [6.07, 6.45) is 6.36. The molecule has 3 nitrogen and oxygen atoms in total. The van der Waals surface area contributed by atoms with Crippen LogP contribution in [-0.2, 0) is 0 Å². The highest BCUT2D eigenvalue weighted by Crippen LogP contribution is 2.30. The van der Waals surface area contributed by atoms with Gasteiger partial charge in [-0.15, -0.1) is 23.2 Å². The average Bonchev–Trinajstić information content (AvgIpc) is 2.56. The van der Waals surface area contributed by atoms with Gasteiger partial charge in [-0.3, -0.25) is 0 Å². The first kappa shape index (κ1) is 12.1. The molecule has 2 amide bonds. The lowest BCUT2D eigenvalue weighted by Gasteiger charge is -2.27. The van der Waals surface area contributed by atoms with Gasteiger partial charge in [-0.2, -0.15) is 0 Å². The number of carbonyl (C=O) groups excluding carboxylic acids is 1. The van der Waals surface area contributed by atoms with Crippen LogP contribution < -0.4 is 0 Å². The minimum atomic E-state index is 0.0860. The van der Waals surface area contributed by atoms with E-state index in [0.29, 0.717) is 30.9 Å². The quantitative estimate of drug-likeness (QED) is 0.564. The number of allylic oxidation sites excluding steroid dienone is 1. The van der Waals surface area contributed by atoms with E-state index < -0.39 is 0 Å². The Labute approximate surface area is 106 Å². The summed E-state index contributed by atoms with van der Waals surface area (Å²) >= 11 is 11.5. The fourth-order valence-electron chi connectivity index (χ4n) is 2.58. The second-order valence-corrected chi connectivity index (χ2v) is 4.87. The number of hydrogen-bond acceptors (Lipinski definition) is 1. The van der Waals surface area contributed by atoms with Gasteiger partial charge in [0.2, 0.25) is 0 Å². The summed E-state index contributed by atoms with van der Waals surface area (Å²) in [5, 5.41) is 0. The molecule has 2 aliphatic rings. The molecule has 5 heteroatoms. The highest BCUT2D eigenvalue weighted by atomic mass is 35.5. The number of halogens is 2. The van der Waals surface area contributed by atoms with Crippen molar-refractivity contribution in [3.05, 3.63) is 12.2 Å². The molecule has 2 atom stereocenters. The lowest BCUT2D eigenvalue weighted by Crippen LogP contribution is -2.38. The molecule has 0 radical (unpaired) electrons. The first-order chi connectivity index (χ1) is 7.79. The topological polar surface area (TPSA) is 23.6 Å². The van der Waals surface area contributed by atoms with Gasteiger partial charge in [-0.25, -0.2) is 4.79 Å². The van der Waals surface area contributed by atoms with Crippen LogP contribution >= 0.6 is 23.2 Å². The molecule has 1 saturated heterocycles. The fraction of sp³-hybridized carbons (Fsp3) is 0.727. The molecule has 2 rings (SSSR count). The van der Waals surface area contributed by atoms with Crippen LogP contribution in [0.2, 0.25) is 0 Å². The van der Waals surface area contributed by atoms with E-state index in [1.807, 2.05) is 9.80 Å². The van der Waals surface area contributed by atoms with E-state index in [9.17, 15) is 4.79 Å². The van der Waals surface area contributed by atoms with Gasteiger partial charge in [-0.05, 0) is 12.8 Å². The van der Waals surface area contributed by atoms with E-state index >= 15 is 0 Å². The zero-order chi connectivity index (χ0) is 11.5. The van der Waals surface area contributed by atoms with Crippen molar-refractivity contribution in [3.63, 3.8) is 0 Å². The molecule has 2 unspecified atom stereocenters. The Kier molecular flexibility index (Phi) is 3.98. The molecule has 0 aromatic carbocycles. The maximum atomic E-state index is 12.2. The summed E-state index contributed by atoms with van der Waals surface area (Å²) < 4.78 is 0. The molecule has 16 heavy (non-hydrogen) atoms. The van der Waals surface area contributed by atoms with Crippen LogP contribution in [0.4, 0.5) is 4.79 Å². The smallest absolute Gasteiger partial charge is 0.318 e. The Morgan fingerprint density at radius 1 is 1.25 bits per heavy atom. The Morgan fingerprint density at radius 2 is 1.94 bits per heavy atom. The van der Waals surface area contributed by atoms with E-state index in [4.69, 9.17) is 23.2 Å². The van der Waals surface area contributed by atoms with Crippen molar-refractivity contribution in [2.75, 3.05) is 24.8 Å². The minimum Gasteiger partial charge on any atom is -0.318 e. The maximum Gasteiger partial charge on any atom is 0.320 e. The molecule has 1 fully saturated rings. The van der Waals surface area contributed by atoms with Crippen molar-refractivity contribution >= 4 is 29.2 Å². The van der Waals surface area contributed by atoms with Gasteiger partial charge in [0.15, 0.2) is 0 Å². The number of nitrogens with zero attached hydrogens (tertiary/aromatic N) is 2. The van der Waals surface area contributed by atoms with E-state index in [0.717, 1.165) is 12.8 Å². The van der Waals surface area contributed by atoms with Crippen LogP contribution in [0.5, 0.6) is 0 Å². The van der Waals surface area contributed by atoms with Crippen LogP contribution in [0.25, 0.3) is 0 Å². The molecule has 1 aliphatic carbocycles. The number of alkyl halides is 2. The van der Waals surface area contributed by atoms with E-state index in [1.54, 1.807) is 0 Å². The first-order valence-corrected chi connectivity index (χ1v) is 6.72. The van der Waals surface area contributed by atoms with E-state index in [2.05, 4.69) is 12.2 Å². The van der Waals surface area contributed by atoms with Gasteiger partial charge in [0.25, 0.3) is 0 Å². The number of amides is 2. The Hall–Kier alpha value is -0.410. The van der Waals surface area contributed by atoms with Crippen molar-refractivity contribution in [2.45, 2.75) is 24.9 Å². The van der Waals surface area contributed by atoms with Crippen molar-refractivity contribution in [1.29, 1.82) is 0 Å². The van der Waals surface area contributed by atoms with Crippen LogP contribution in [-0.4, -0.2) is 52.8 Å². The van der Waals surface area contributed by atoms with Crippen molar-refractivity contribution in [1.82, 2.24) is 9.80 Å². The minimum absolute atomic E-state index is 0.0860. The largest absolute Gasteiger partial charge is 0.320 e. The third kappa shape index (κ3) is 2.03. The molecule has 1 aliphatic heterocycles. The van der Waals surface area contributed by atoms with E-state index in [1.165, 1.54) is 0 Å². The Morgan fingerprint density at radius 3 is 2.62 bits per heavy atom. The standard InChI is InChI=1S/C11H16Cl2N2O/c12-5-7-14-9-3-1-2-4-10(9)15(8-6-13)11(14)16/h1,3,9-10H,2,4-8H2. The van der Waals surface area contributed by atoms with Crippen molar-refractivity contribution in [2.24, 2.45) is 0 Å². The van der Waals surface area contributed by atoms with Gasteiger partial charge in [0, 0.05) is 24.8 Å². The summed E-state index contributed by atoms with van der Waals surface area (Å²) in [4.78, 5) is 15.9. The predicted octanol–water partition coefficient (Wildman–Crippen LogP) is 2.29. The molecule has 1 heterocycles. The van der Waals surface area contributed by atoms with E-state index in [-0.39, 0.29) is 12.1 Å². The number of fused-ring (bicyclic) bond motifs is 1. The van der Waals surface area contributed by atoms with Crippen molar-refractivity contribution < 1.29 is 4.79 Å². The second kappa shape index (κ2) is 5.28. The summed E-state index contributed by atoms with van der Waals surface area (Å²) in [6.45, 7) is 1.25. The third-order valence-corrected chi connectivity index (χ3v) is 3.60. The third-order valence-electron chi connectivity index (χ3n) is 3.26. The van der Waals surface area contributed by atoms with Crippen molar-refractivity contribution in [3.8, 4) is 0 Å². The van der Waals surface area contributed by atoms with Crippen LogP contribution in [0.3, 0.4) is 0 Å². The summed E-state index contributed by atoms with van der Waals surface area (Å²) in [5.41, 5.74) is 0. The van der Waals surface area contributed by atoms with Gasteiger partial charge < -0.3 is 9.80 Å². The van der Waals surface area contributed by atoms with Gasteiger partial charge in [-0.1, -0.05) is 12.2 Å². The molecule has 0 N–H and O–H groups in total. The zero-order valence-electron chi connectivity index (χ0n) is 9.11. The molecule has 0 aromatic heterocycles. The first-order valence-electron chi connectivity index (χ1n) is 5.65. The molecular weight excluding hydrogens is 247 g/mol. The molecule has 0 spiro atoms. The van der Waals surface area contributed by atoms with Gasteiger partial charge in [0.05, 0.1) is 12.1 Å². The Bertz CT molecular complexity index is 296. The molecule has 0 bridgehead atoms. The lowest BCUT2D eigenvalue weighted by molar-refractivity contribution is 0.189. The zero-order valence-corrected chi connectivity index (χ0v) is 10.6. The number of carbonyl (C=O) groups is 1. The average molecular weight is 263 g/mol. The van der Waals surface area contributed by atoms with Crippen LogP contribution in [0.1, 0.15) is 12.8 Å². The molecular formula is C11H16Cl2N2O. The second-order valence-electron chi connectivity index (χ2n) is 4.11. The van der Waals surface area contributed by atoms with Gasteiger partial charge >= 0.3 is 6.03 Å². The highest BCUT2D eigenvalue weighted by Gasteiger charge is 2.44. The number of urea groups is 1. The Balaban J connectivity index is 2.18. The molecule has 90 valence electrons. The predicted molar refractivity (Wildman–Crippen MR) is 66.2 cm³/mol. The number of hydrogen-bond donors (Lipinski definition) is 0. The maximum absolute atomic E-state index is 12.2.